The van der Waals surface area contributed by atoms with Crippen molar-refractivity contribution in [2.75, 3.05) is 14.2 Å². The van der Waals surface area contributed by atoms with Gasteiger partial charge in [0.1, 0.15) is 11.6 Å². The fourth-order valence-electron chi connectivity index (χ4n) is 5.02. The molecule has 1 aliphatic rings. The van der Waals surface area contributed by atoms with Crippen LogP contribution in [0, 0.1) is 11.3 Å². The highest BCUT2D eigenvalue weighted by atomic mass is 16.5. The molecule has 0 atom stereocenters. The lowest BCUT2D eigenvalue weighted by Crippen LogP contribution is -2.45. The van der Waals surface area contributed by atoms with Crippen molar-refractivity contribution in [1.29, 1.82) is 5.26 Å². The highest BCUT2D eigenvalue weighted by Crippen LogP contribution is 2.46. The van der Waals surface area contributed by atoms with Crippen LogP contribution in [0.5, 0.6) is 5.75 Å². The minimum Gasteiger partial charge on any atom is -0.496 e. The molecule has 1 fully saturated rings. The molecule has 1 amide bonds. The predicted molar refractivity (Wildman–Crippen MR) is 144 cm³/mol. The fourth-order valence-corrected chi connectivity index (χ4v) is 5.02. The molecule has 0 unspecified atom stereocenters. The Hall–Kier alpha value is -5.29. The Bertz CT molecular complexity index is 1540. The van der Waals surface area contributed by atoms with Crippen molar-refractivity contribution in [1.82, 2.24) is 19.8 Å². The third kappa shape index (κ3) is 4.40. The van der Waals surface area contributed by atoms with Crippen LogP contribution >= 0.6 is 0 Å². The van der Waals surface area contributed by atoms with Gasteiger partial charge >= 0.3 is 0 Å². The topological polar surface area (TPSA) is 99.4 Å². The van der Waals surface area contributed by atoms with E-state index in [1.807, 2.05) is 53.4 Å². The van der Waals surface area contributed by atoms with E-state index in [0.29, 0.717) is 33.8 Å². The third-order valence-corrected chi connectivity index (χ3v) is 6.95. The SMILES string of the molecule is COc1ccccc1CN1C(=O)C(c2ccncc2)(c2ccncc2)N(C)C1=CC(=O)c1ccc(C#N)cc1. The standard InChI is InChI=1S/C31H25N5O3/c1-35-29(19-27(37)23-9-7-22(20-32)8-10-23)36(21-24-5-3-4-6-28(24)39-2)30(38)31(35,25-11-15-33-16-12-25)26-13-17-34-18-14-26/h3-19H,21H2,1-2H3. The van der Waals surface area contributed by atoms with Gasteiger partial charge < -0.3 is 9.64 Å². The number of benzene rings is 2. The summed E-state index contributed by atoms with van der Waals surface area (Å²) in [6.45, 7) is 0.178. The first-order valence-corrected chi connectivity index (χ1v) is 12.3. The molecule has 4 aromatic rings. The Morgan fingerprint density at radius 3 is 2.10 bits per heavy atom. The van der Waals surface area contributed by atoms with E-state index in [4.69, 9.17) is 10.00 Å². The first-order chi connectivity index (χ1) is 19.0. The number of hydrogen-bond donors (Lipinski definition) is 0. The zero-order chi connectivity index (χ0) is 27.4. The van der Waals surface area contributed by atoms with Gasteiger partial charge in [0.05, 0.1) is 25.3 Å². The maximum atomic E-state index is 14.7. The van der Waals surface area contributed by atoms with Gasteiger partial charge in [-0.3, -0.25) is 24.5 Å². The fraction of sp³-hybridized carbons (Fsp3) is 0.129. The Labute approximate surface area is 226 Å². The molecule has 39 heavy (non-hydrogen) atoms. The smallest absolute Gasteiger partial charge is 0.263 e. The van der Waals surface area contributed by atoms with Crippen molar-refractivity contribution >= 4 is 11.7 Å². The number of carbonyl (C=O) groups excluding carboxylic acids is 2. The molecule has 0 N–H and O–H groups in total. The number of pyridine rings is 2. The summed E-state index contributed by atoms with van der Waals surface area (Å²) in [6.07, 6.45) is 8.06. The van der Waals surface area contributed by atoms with Gasteiger partial charge in [-0.2, -0.15) is 5.26 Å². The number of hydrogen-bond acceptors (Lipinski definition) is 7. The summed E-state index contributed by atoms with van der Waals surface area (Å²) >= 11 is 0. The van der Waals surface area contributed by atoms with Crippen LogP contribution in [0.15, 0.2) is 109 Å². The van der Waals surface area contributed by atoms with Gasteiger partial charge in [-0.1, -0.05) is 18.2 Å². The zero-order valence-corrected chi connectivity index (χ0v) is 21.5. The Kier molecular flexibility index (Phi) is 6.89. The van der Waals surface area contributed by atoms with Crippen LogP contribution in [0.2, 0.25) is 0 Å². The number of ketones is 1. The number of carbonyl (C=O) groups is 2. The van der Waals surface area contributed by atoms with Crippen LogP contribution < -0.4 is 4.74 Å². The normalized spacial score (nSPS) is 15.3. The molecule has 0 aliphatic carbocycles. The minimum absolute atomic E-state index is 0.178. The quantitative estimate of drug-likeness (QED) is 0.267. The summed E-state index contributed by atoms with van der Waals surface area (Å²) in [5.41, 5.74) is 1.79. The van der Waals surface area contributed by atoms with Crippen LogP contribution in [-0.4, -0.2) is 45.6 Å². The monoisotopic (exact) mass is 515 g/mol. The van der Waals surface area contributed by atoms with Crippen LogP contribution in [0.4, 0.5) is 0 Å². The van der Waals surface area contributed by atoms with E-state index < -0.39 is 5.54 Å². The van der Waals surface area contributed by atoms with Crippen LogP contribution in [0.25, 0.3) is 0 Å². The van der Waals surface area contributed by atoms with Crippen LogP contribution in [0.3, 0.4) is 0 Å². The lowest BCUT2D eigenvalue weighted by Gasteiger charge is -2.35. The van der Waals surface area contributed by atoms with Gasteiger partial charge in [0.15, 0.2) is 11.3 Å². The van der Waals surface area contributed by atoms with Gasteiger partial charge in [-0.15, -0.1) is 0 Å². The number of aromatic nitrogens is 2. The Morgan fingerprint density at radius 2 is 1.54 bits per heavy atom. The molecule has 0 radical (unpaired) electrons. The first kappa shape index (κ1) is 25.4. The van der Waals surface area contributed by atoms with Crippen molar-refractivity contribution in [3.8, 4) is 11.8 Å². The molecular formula is C31H25N5O3. The van der Waals surface area contributed by atoms with E-state index in [9.17, 15) is 9.59 Å². The van der Waals surface area contributed by atoms with Crippen molar-refractivity contribution in [2.45, 2.75) is 12.1 Å². The Balaban J connectivity index is 1.70. The molecule has 2 aromatic carbocycles. The maximum Gasteiger partial charge on any atom is 0.263 e. The van der Waals surface area contributed by atoms with Gasteiger partial charge in [-0.25, -0.2) is 0 Å². The lowest BCUT2D eigenvalue weighted by atomic mass is 9.82. The van der Waals surface area contributed by atoms with Gasteiger partial charge in [0.25, 0.3) is 5.91 Å². The average molecular weight is 516 g/mol. The summed E-state index contributed by atoms with van der Waals surface area (Å²) in [7, 11) is 3.39. The van der Waals surface area contributed by atoms with E-state index in [1.54, 1.807) is 68.1 Å². The third-order valence-electron chi connectivity index (χ3n) is 6.95. The number of likely N-dealkylation sites (N-methyl/N-ethyl adjacent to an activating group) is 1. The molecule has 0 spiro atoms. The number of amides is 1. The highest BCUT2D eigenvalue weighted by Gasteiger charge is 2.56. The maximum absolute atomic E-state index is 14.7. The number of nitrogens with zero attached hydrogens (tertiary/aromatic N) is 5. The summed E-state index contributed by atoms with van der Waals surface area (Å²) < 4.78 is 5.57. The van der Waals surface area contributed by atoms with Crippen molar-refractivity contribution in [2.24, 2.45) is 0 Å². The van der Waals surface area contributed by atoms with E-state index in [0.717, 1.165) is 5.56 Å². The van der Waals surface area contributed by atoms with E-state index in [1.165, 1.54) is 6.08 Å². The highest BCUT2D eigenvalue weighted by molar-refractivity contribution is 6.06. The predicted octanol–water partition coefficient (Wildman–Crippen LogP) is 4.30. The molecule has 5 rings (SSSR count). The zero-order valence-electron chi connectivity index (χ0n) is 21.5. The second-order valence-corrected chi connectivity index (χ2v) is 9.00. The molecule has 0 bridgehead atoms. The van der Waals surface area contributed by atoms with Gasteiger partial charge in [-0.05, 0) is 65.7 Å². The van der Waals surface area contributed by atoms with E-state index in [-0.39, 0.29) is 18.2 Å². The van der Waals surface area contributed by atoms with Crippen LogP contribution in [-0.2, 0) is 16.9 Å². The number of ether oxygens (including phenoxy) is 1. The molecule has 1 aliphatic heterocycles. The minimum atomic E-state index is -1.27. The largest absolute Gasteiger partial charge is 0.496 e. The molecule has 2 aromatic heterocycles. The number of allylic oxidation sites excluding steroid dienone is 1. The summed E-state index contributed by atoms with van der Waals surface area (Å²) in [5.74, 6) is 0.538. The molecular weight excluding hydrogens is 490 g/mol. The average Bonchev–Trinajstić information content (AvgIpc) is 3.19. The second kappa shape index (κ2) is 10.6. The molecule has 8 nitrogen and oxygen atoms in total. The molecule has 8 heteroatoms. The van der Waals surface area contributed by atoms with E-state index in [2.05, 4.69) is 16.0 Å². The summed E-state index contributed by atoms with van der Waals surface area (Å²) in [4.78, 5) is 39.9. The van der Waals surface area contributed by atoms with Crippen LogP contribution in [0.1, 0.15) is 32.6 Å². The lowest BCUT2D eigenvalue weighted by molar-refractivity contribution is -0.132. The molecule has 1 saturated heterocycles. The van der Waals surface area contributed by atoms with Crippen molar-refractivity contribution in [3.05, 3.63) is 137 Å². The molecule has 192 valence electrons. The second-order valence-electron chi connectivity index (χ2n) is 9.00. The molecule has 3 heterocycles. The van der Waals surface area contributed by atoms with Gasteiger partial charge in [0, 0.05) is 49.0 Å². The van der Waals surface area contributed by atoms with E-state index >= 15 is 0 Å². The van der Waals surface area contributed by atoms with Crippen molar-refractivity contribution in [3.63, 3.8) is 0 Å². The number of para-hydroxylation sites is 1. The number of nitriles is 1. The number of rotatable bonds is 7. The number of methoxy groups -OCH3 is 1. The first-order valence-electron chi connectivity index (χ1n) is 12.3. The summed E-state index contributed by atoms with van der Waals surface area (Å²) in [5, 5.41) is 9.14. The van der Waals surface area contributed by atoms with Crippen molar-refractivity contribution < 1.29 is 14.3 Å². The Morgan fingerprint density at radius 1 is 0.949 bits per heavy atom. The molecule has 0 saturated carbocycles. The summed E-state index contributed by atoms with van der Waals surface area (Å²) in [6, 6.07) is 23.2. The van der Waals surface area contributed by atoms with Gasteiger partial charge in [0.2, 0.25) is 0 Å².